The van der Waals surface area contributed by atoms with E-state index < -0.39 is 15.6 Å². The van der Waals surface area contributed by atoms with Gasteiger partial charge in [-0.15, -0.1) is 0 Å². The van der Waals surface area contributed by atoms with Gasteiger partial charge in [0.05, 0.1) is 11.4 Å². The van der Waals surface area contributed by atoms with Gasteiger partial charge in [-0.3, -0.25) is 29.2 Å². The molecule has 0 saturated heterocycles. The molecule has 11 nitrogen and oxygen atoms in total. The van der Waals surface area contributed by atoms with Crippen LogP contribution in [0.1, 0.15) is 84.8 Å². The van der Waals surface area contributed by atoms with Crippen molar-refractivity contribution in [2.75, 3.05) is 11.8 Å². The first-order chi connectivity index (χ1) is 23.5. The molecule has 6 rings (SSSR count). The zero-order valence-corrected chi connectivity index (χ0v) is 29.2. The van der Waals surface area contributed by atoms with E-state index in [0.29, 0.717) is 34.7 Å². The van der Waals surface area contributed by atoms with E-state index >= 15 is 0 Å². The maximum absolute atomic E-state index is 13.9. The van der Waals surface area contributed by atoms with Crippen molar-refractivity contribution >= 4 is 33.5 Å². The average molecular weight is 683 g/mol. The highest BCUT2D eigenvalue weighted by Gasteiger charge is 2.49. The first-order valence-electron chi connectivity index (χ1n) is 16.8. The second kappa shape index (κ2) is 13.9. The molecule has 0 radical (unpaired) electrons. The number of anilines is 1. The van der Waals surface area contributed by atoms with Crippen LogP contribution in [0.5, 0.6) is 0 Å². The number of pyridine rings is 1. The molecule has 0 unspecified atom stereocenters. The number of benzene rings is 2. The Labute approximate surface area is 287 Å². The molecule has 49 heavy (non-hydrogen) atoms. The molecule has 0 bridgehead atoms. The quantitative estimate of drug-likeness (QED) is 0.176. The molecule has 1 aliphatic heterocycles. The van der Waals surface area contributed by atoms with E-state index in [0.717, 1.165) is 61.9 Å². The van der Waals surface area contributed by atoms with Gasteiger partial charge in [0.15, 0.2) is 5.82 Å². The Kier molecular flexibility index (Phi) is 9.69. The van der Waals surface area contributed by atoms with Gasteiger partial charge in [-0.25, -0.2) is 8.42 Å². The number of amidine groups is 1. The molecule has 2 aromatic heterocycles. The summed E-state index contributed by atoms with van der Waals surface area (Å²) in [5, 5.41) is 3.89. The number of hydrogen-bond donors (Lipinski definition) is 1. The van der Waals surface area contributed by atoms with Crippen LogP contribution in [-0.4, -0.2) is 58.6 Å². The van der Waals surface area contributed by atoms with E-state index in [-0.39, 0.29) is 29.1 Å². The Bertz CT molecular complexity index is 2000. The molecule has 1 aliphatic carbocycles. The molecule has 1 fully saturated rings. The highest BCUT2D eigenvalue weighted by Crippen LogP contribution is 2.40. The summed E-state index contributed by atoms with van der Waals surface area (Å²) in [6.45, 7) is 6.07. The minimum Gasteiger partial charge on any atom is -0.359 e. The van der Waals surface area contributed by atoms with E-state index in [4.69, 9.17) is 9.52 Å². The first-order valence-corrected chi connectivity index (χ1v) is 18.3. The van der Waals surface area contributed by atoms with Gasteiger partial charge in [0.2, 0.25) is 0 Å². The van der Waals surface area contributed by atoms with Crippen molar-refractivity contribution in [3.05, 3.63) is 95.0 Å². The molecular formula is C37H42N6O5S. The molecule has 2 aliphatic rings. The number of amides is 2. The molecule has 0 atom stereocenters. The number of nitrogens with zero attached hydrogens (tertiary/aromatic N) is 5. The lowest BCUT2D eigenvalue weighted by Crippen LogP contribution is -2.40. The molecule has 2 amide bonds. The smallest absolute Gasteiger partial charge is 0.272 e. The van der Waals surface area contributed by atoms with Crippen molar-refractivity contribution in [2.45, 2.75) is 89.2 Å². The number of aliphatic imine (C=N–C) groups is 1. The van der Waals surface area contributed by atoms with Crippen molar-refractivity contribution in [1.82, 2.24) is 19.9 Å². The summed E-state index contributed by atoms with van der Waals surface area (Å²) in [7, 11) is -2.41. The van der Waals surface area contributed by atoms with Crippen LogP contribution in [0.25, 0.3) is 11.1 Å². The molecule has 4 aromatic rings. The average Bonchev–Trinajstić information content (AvgIpc) is 3.78. The van der Waals surface area contributed by atoms with Gasteiger partial charge in [0.25, 0.3) is 21.8 Å². The van der Waals surface area contributed by atoms with Crippen LogP contribution in [0, 0.1) is 13.8 Å². The zero-order valence-electron chi connectivity index (χ0n) is 28.4. The fourth-order valence-corrected chi connectivity index (χ4v) is 7.93. The van der Waals surface area contributed by atoms with Crippen molar-refractivity contribution < 1.29 is 22.5 Å². The predicted octanol–water partition coefficient (Wildman–Crippen LogP) is 6.67. The Morgan fingerprint density at radius 2 is 1.80 bits per heavy atom. The van der Waals surface area contributed by atoms with Crippen LogP contribution in [0.15, 0.2) is 81.3 Å². The lowest BCUT2D eigenvalue weighted by Gasteiger charge is -2.24. The third kappa shape index (κ3) is 6.87. The van der Waals surface area contributed by atoms with Gasteiger partial charge in [-0.2, -0.15) is 0 Å². The van der Waals surface area contributed by atoms with Crippen LogP contribution in [0.2, 0.25) is 0 Å². The van der Waals surface area contributed by atoms with Crippen LogP contribution in [-0.2, 0) is 27.9 Å². The van der Waals surface area contributed by atoms with Gasteiger partial charge in [0.1, 0.15) is 22.8 Å². The fourth-order valence-electron chi connectivity index (χ4n) is 6.65. The fraction of sp³-hybridized carbons (Fsp3) is 0.378. The number of aryl methyl sites for hydroxylation is 1. The summed E-state index contributed by atoms with van der Waals surface area (Å²) in [5.41, 5.74) is 2.92. The Morgan fingerprint density at radius 3 is 2.49 bits per heavy atom. The monoisotopic (exact) mass is 682 g/mol. The van der Waals surface area contributed by atoms with Crippen molar-refractivity contribution in [3.63, 3.8) is 0 Å². The summed E-state index contributed by atoms with van der Waals surface area (Å²) < 4.78 is 35.5. The second-order valence-corrected chi connectivity index (χ2v) is 14.6. The molecule has 2 aromatic carbocycles. The highest BCUT2D eigenvalue weighted by molar-refractivity contribution is 7.92. The van der Waals surface area contributed by atoms with Crippen LogP contribution >= 0.6 is 0 Å². The minimum atomic E-state index is -4.10. The third-order valence-electron chi connectivity index (χ3n) is 9.49. The van der Waals surface area contributed by atoms with Crippen molar-refractivity contribution in [2.24, 2.45) is 4.99 Å². The molecule has 1 spiro atoms. The molecule has 256 valence electrons. The van der Waals surface area contributed by atoms with Crippen LogP contribution in [0.4, 0.5) is 5.82 Å². The van der Waals surface area contributed by atoms with Crippen LogP contribution < -0.4 is 4.72 Å². The summed E-state index contributed by atoms with van der Waals surface area (Å²) in [5.74, 6) is 1.26. The van der Waals surface area contributed by atoms with Crippen molar-refractivity contribution in [1.29, 1.82) is 0 Å². The number of hydrogen-bond acceptors (Lipinski definition) is 8. The molecule has 12 heteroatoms. The highest BCUT2D eigenvalue weighted by atomic mass is 32.2. The summed E-state index contributed by atoms with van der Waals surface area (Å²) in [6, 6.07) is 17.7. The second-order valence-electron chi connectivity index (χ2n) is 12.9. The number of aromatic nitrogens is 2. The number of sulfonamides is 1. The number of nitrogens with one attached hydrogen (secondary N) is 1. The van der Waals surface area contributed by atoms with Gasteiger partial charge in [-0.1, -0.05) is 73.8 Å². The lowest BCUT2D eigenvalue weighted by atomic mass is 9.96. The number of unbranched alkanes of at least 4 members (excludes halogenated alkanes) is 1. The maximum atomic E-state index is 13.9. The largest absolute Gasteiger partial charge is 0.359 e. The SMILES string of the molecule is CCCCC1=NC2(CCCC2)C(=O)N1Cc1ccc(-c2ccccc2S(=O)(=O)Nc2noc(C)c2C)c(CN(C)C(=O)c2ccccn2)c1. The standard InChI is InChI=1S/C37H42N6O5S/c1-5-6-16-33-39-37(19-10-11-20-37)36(45)43(33)23-27-17-18-29(28(22-27)24-42(4)35(44)31-14-9-12-21-38-31)30-13-7-8-15-32(30)49(46,47)41-34-25(2)26(3)48-40-34/h7-9,12-15,17-18,21-22H,5-6,10-11,16,19-20,23-24H2,1-4H3,(H,40,41). The topological polar surface area (TPSA) is 138 Å². The van der Waals surface area contributed by atoms with Crippen molar-refractivity contribution in [3.8, 4) is 11.1 Å². The molecule has 1 N–H and O–H groups in total. The third-order valence-corrected chi connectivity index (χ3v) is 10.9. The van der Waals surface area contributed by atoms with Gasteiger partial charge in [-0.05, 0) is 68.0 Å². The number of rotatable bonds is 12. The summed E-state index contributed by atoms with van der Waals surface area (Å²) >= 11 is 0. The predicted molar refractivity (Wildman–Crippen MR) is 187 cm³/mol. The van der Waals surface area contributed by atoms with Crippen LogP contribution in [0.3, 0.4) is 0 Å². The molecule has 1 saturated carbocycles. The normalized spacial score (nSPS) is 15.6. The summed E-state index contributed by atoms with van der Waals surface area (Å²) in [4.78, 5) is 40.0. The minimum absolute atomic E-state index is 0.0506. The van der Waals surface area contributed by atoms with E-state index in [9.17, 15) is 18.0 Å². The number of carbonyl (C=O) groups excluding carboxylic acids is 2. The Morgan fingerprint density at radius 1 is 1.04 bits per heavy atom. The molecule has 3 heterocycles. The lowest BCUT2D eigenvalue weighted by molar-refractivity contribution is -0.131. The van der Waals surface area contributed by atoms with E-state index in [1.807, 2.05) is 23.1 Å². The molecular weight excluding hydrogens is 641 g/mol. The first kappa shape index (κ1) is 34.0. The van der Waals surface area contributed by atoms with Gasteiger partial charge in [0, 0.05) is 37.3 Å². The Balaban J connectivity index is 1.39. The van der Waals surface area contributed by atoms with E-state index in [2.05, 4.69) is 21.8 Å². The van der Waals surface area contributed by atoms with E-state index in [1.54, 1.807) is 74.5 Å². The van der Waals surface area contributed by atoms with Gasteiger partial charge < -0.3 is 9.42 Å². The maximum Gasteiger partial charge on any atom is 0.272 e. The van der Waals surface area contributed by atoms with E-state index in [1.165, 1.54) is 0 Å². The number of carbonyl (C=O) groups is 2. The summed E-state index contributed by atoms with van der Waals surface area (Å²) in [6.07, 6.45) is 7.77. The Hall–Kier alpha value is -4.84. The van der Waals surface area contributed by atoms with Gasteiger partial charge >= 0.3 is 0 Å². The zero-order chi connectivity index (χ0) is 34.8.